The Morgan fingerprint density at radius 1 is 1.13 bits per heavy atom. The number of nitrogens with one attached hydrogen (secondary N) is 1. The highest BCUT2D eigenvalue weighted by atomic mass is 127. The van der Waals surface area contributed by atoms with E-state index in [2.05, 4.69) is 57.7 Å². The zero-order valence-electron chi connectivity index (χ0n) is 19.1. The zero-order chi connectivity index (χ0) is 20.9. The Kier molecular flexibility index (Phi) is 8.75. The van der Waals surface area contributed by atoms with Crippen LogP contribution in [0, 0.1) is 12.8 Å². The molecule has 0 bridgehead atoms. The zero-order valence-corrected chi connectivity index (χ0v) is 21.5. The van der Waals surface area contributed by atoms with E-state index in [-0.39, 0.29) is 24.0 Å². The number of likely N-dealkylation sites (tertiary alicyclic amines) is 1. The summed E-state index contributed by atoms with van der Waals surface area (Å²) in [6, 6.07) is 11.6. The molecule has 2 aliphatic rings. The van der Waals surface area contributed by atoms with E-state index in [0.717, 1.165) is 30.7 Å². The summed E-state index contributed by atoms with van der Waals surface area (Å²) < 4.78 is 2.03. The van der Waals surface area contributed by atoms with Crippen LogP contribution in [0.2, 0.25) is 0 Å². The number of benzene rings is 1. The van der Waals surface area contributed by atoms with E-state index >= 15 is 0 Å². The van der Waals surface area contributed by atoms with E-state index in [9.17, 15) is 0 Å². The lowest BCUT2D eigenvalue weighted by Gasteiger charge is -2.40. The SMILES string of the molecule is CCC1CN(C(=NCc2nnc(C)n2C)NC2CCCC2)CCC1c1ccccc1.I. The van der Waals surface area contributed by atoms with Gasteiger partial charge in [0.25, 0.3) is 0 Å². The molecule has 1 saturated heterocycles. The number of hydrogen-bond donors (Lipinski definition) is 1. The van der Waals surface area contributed by atoms with Crippen LogP contribution in [-0.2, 0) is 13.6 Å². The monoisotopic (exact) mass is 536 g/mol. The molecule has 1 saturated carbocycles. The molecule has 31 heavy (non-hydrogen) atoms. The molecular weight excluding hydrogens is 499 g/mol. The van der Waals surface area contributed by atoms with E-state index in [1.807, 2.05) is 18.5 Å². The first-order valence-electron chi connectivity index (χ1n) is 11.6. The molecule has 2 aromatic rings. The number of aryl methyl sites for hydroxylation is 1. The molecule has 6 nitrogen and oxygen atoms in total. The number of aromatic nitrogens is 3. The summed E-state index contributed by atoms with van der Waals surface area (Å²) in [5, 5.41) is 12.3. The number of nitrogens with zero attached hydrogens (tertiary/aromatic N) is 5. The van der Waals surface area contributed by atoms with Gasteiger partial charge in [0.15, 0.2) is 11.8 Å². The summed E-state index contributed by atoms with van der Waals surface area (Å²) in [5.41, 5.74) is 1.49. The number of halogens is 1. The van der Waals surface area contributed by atoms with Gasteiger partial charge in [0.2, 0.25) is 0 Å². The highest BCUT2D eigenvalue weighted by molar-refractivity contribution is 14.0. The average molecular weight is 537 g/mol. The molecule has 1 aromatic heterocycles. The van der Waals surface area contributed by atoms with Crippen LogP contribution in [0.4, 0.5) is 0 Å². The van der Waals surface area contributed by atoms with Crippen LogP contribution in [0.1, 0.15) is 68.6 Å². The van der Waals surface area contributed by atoms with Gasteiger partial charge < -0.3 is 14.8 Å². The van der Waals surface area contributed by atoms with Gasteiger partial charge in [-0.1, -0.05) is 56.5 Å². The Bertz CT molecular complexity index is 843. The fraction of sp³-hybridized carbons (Fsp3) is 0.625. The van der Waals surface area contributed by atoms with Crippen molar-refractivity contribution in [2.45, 2.75) is 70.9 Å². The van der Waals surface area contributed by atoms with Crippen LogP contribution >= 0.6 is 24.0 Å². The summed E-state index contributed by atoms with van der Waals surface area (Å²) in [7, 11) is 2.02. The molecule has 1 aliphatic carbocycles. The molecule has 0 spiro atoms. The minimum atomic E-state index is 0. The van der Waals surface area contributed by atoms with Crippen molar-refractivity contribution in [3.8, 4) is 0 Å². The predicted octanol–water partition coefficient (Wildman–Crippen LogP) is 4.65. The normalized spacial score (nSPS) is 22.4. The number of rotatable bonds is 5. The molecule has 2 atom stereocenters. The van der Waals surface area contributed by atoms with E-state index in [1.54, 1.807) is 0 Å². The van der Waals surface area contributed by atoms with Crippen LogP contribution in [0.3, 0.4) is 0 Å². The van der Waals surface area contributed by atoms with Crippen molar-refractivity contribution in [1.29, 1.82) is 0 Å². The predicted molar refractivity (Wildman–Crippen MR) is 137 cm³/mol. The van der Waals surface area contributed by atoms with Crippen molar-refractivity contribution in [1.82, 2.24) is 25.0 Å². The first-order chi connectivity index (χ1) is 14.7. The smallest absolute Gasteiger partial charge is 0.194 e. The maximum atomic E-state index is 5.03. The fourth-order valence-corrected chi connectivity index (χ4v) is 5.00. The lowest BCUT2D eigenvalue weighted by Crippen LogP contribution is -2.50. The largest absolute Gasteiger partial charge is 0.353 e. The Labute approximate surface area is 203 Å². The summed E-state index contributed by atoms with van der Waals surface area (Å²) >= 11 is 0. The van der Waals surface area contributed by atoms with Crippen LogP contribution in [-0.4, -0.2) is 44.8 Å². The standard InChI is InChI=1S/C24H36N6.HI/c1-4-19-17-30(15-14-22(19)20-10-6-5-7-11-20)24(26-21-12-8-9-13-21)25-16-23-28-27-18(2)29(23)3;/h5-7,10-11,19,21-22H,4,8-9,12-17H2,1-3H3,(H,25,26);1H. The quantitative estimate of drug-likeness (QED) is 0.344. The first-order valence-corrected chi connectivity index (χ1v) is 11.6. The summed E-state index contributed by atoms with van der Waals surface area (Å²) in [4.78, 5) is 7.53. The van der Waals surface area contributed by atoms with Gasteiger partial charge in [-0.3, -0.25) is 0 Å². The molecule has 0 amide bonds. The van der Waals surface area contributed by atoms with Crippen LogP contribution in [0.25, 0.3) is 0 Å². The number of aliphatic imine (C=N–C) groups is 1. The van der Waals surface area contributed by atoms with Crippen LogP contribution in [0.15, 0.2) is 35.3 Å². The Hall–Kier alpha value is -1.64. The van der Waals surface area contributed by atoms with Crippen molar-refractivity contribution < 1.29 is 0 Å². The molecule has 2 heterocycles. The minimum absolute atomic E-state index is 0. The van der Waals surface area contributed by atoms with E-state index < -0.39 is 0 Å². The molecular formula is C24H37IN6. The van der Waals surface area contributed by atoms with Gasteiger partial charge in [-0.05, 0) is 43.6 Å². The van der Waals surface area contributed by atoms with Crippen molar-refractivity contribution in [3.63, 3.8) is 0 Å². The van der Waals surface area contributed by atoms with Gasteiger partial charge in [0.05, 0.1) is 0 Å². The number of piperidine rings is 1. The third-order valence-electron chi connectivity index (χ3n) is 7.03. The lowest BCUT2D eigenvalue weighted by molar-refractivity contribution is 0.214. The fourth-order valence-electron chi connectivity index (χ4n) is 5.00. The second-order valence-electron chi connectivity index (χ2n) is 8.91. The minimum Gasteiger partial charge on any atom is -0.353 e. The van der Waals surface area contributed by atoms with E-state index in [4.69, 9.17) is 4.99 Å². The Balaban J connectivity index is 0.00000272. The summed E-state index contributed by atoms with van der Waals surface area (Å²) in [6.45, 7) is 6.99. The summed E-state index contributed by atoms with van der Waals surface area (Å²) in [5.74, 6) is 4.20. The summed E-state index contributed by atoms with van der Waals surface area (Å²) in [6.07, 6.45) is 7.51. The second kappa shape index (κ2) is 11.3. The van der Waals surface area contributed by atoms with E-state index in [1.165, 1.54) is 44.1 Å². The molecule has 1 aliphatic heterocycles. The topological polar surface area (TPSA) is 58.3 Å². The lowest BCUT2D eigenvalue weighted by atomic mass is 9.79. The Morgan fingerprint density at radius 3 is 2.52 bits per heavy atom. The molecule has 1 N–H and O–H groups in total. The first kappa shape index (κ1) is 24.0. The molecule has 0 radical (unpaired) electrons. The van der Waals surface area contributed by atoms with Gasteiger partial charge in [0, 0.05) is 26.2 Å². The highest BCUT2D eigenvalue weighted by Crippen LogP contribution is 2.35. The molecule has 2 unspecified atom stereocenters. The van der Waals surface area contributed by atoms with Crippen molar-refractivity contribution in [2.24, 2.45) is 18.0 Å². The molecule has 4 rings (SSSR count). The van der Waals surface area contributed by atoms with Gasteiger partial charge >= 0.3 is 0 Å². The molecule has 170 valence electrons. The van der Waals surface area contributed by atoms with Gasteiger partial charge in [0.1, 0.15) is 12.4 Å². The maximum absolute atomic E-state index is 5.03. The third kappa shape index (κ3) is 5.79. The van der Waals surface area contributed by atoms with Crippen molar-refractivity contribution >= 4 is 29.9 Å². The van der Waals surface area contributed by atoms with Crippen molar-refractivity contribution in [2.75, 3.05) is 13.1 Å². The highest BCUT2D eigenvalue weighted by Gasteiger charge is 2.31. The second-order valence-corrected chi connectivity index (χ2v) is 8.91. The van der Waals surface area contributed by atoms with Crippen LogP contribution < -0.4 is 5.32 Å². The number of hydrogen-bond acceptors (Lipinski definition) is 3. The molecule has 1 aromatic carbocycles. The average Bonchev–Trinajstić information content (AvgIpc) is 3.41. The van der Waals surface area contributed by atoms with Gasteiger partial charge in [-0.15, -0.1) is 34.2 Å². The van der Waals surface area contributed by atoms with Crippen molar-refractivity contribution in [3.05, 3.63) is 47.5 Å². The number of guanidine groups is 1. The van der Waals surface area contributed by atoms with Crippen LogP contribution in [0.5, 0.6) is 0 Å². The maximum Gasteiger partial charge on any atom is 0.194 e. The van der Waals surface area contributed by atoms with Gasteiger partial charge in [-0.25, -0.2) is 4.99 Å². The third-order valence-corrected chi connectivity index (χ3v) is 7.03. The Morgan fingerprint density at radius 2 is 1.87 bits per heavy atom. The van der Waals surface area contributed by atoms with E-state index in [0.29, 0.717) is 24.4 Å². The molecule has 2 fully saturated rings. The molecule has 7 heteroatoms. The van der Waals surface area contributed by atoms with Gasteiger partial charge in [-0.2, -0.15) is 0 Å².